The molecular weight excluding hydrogens is 167 g/mol. The van der Waals surface area contributed by atoms with Crippen molar-refractivity contribution in [3.63, 3.8) is 0 Å². The highest BCUT2D eigenvalue weighted by molar-refractivity contribution is 5.88. The Morgan fingerprint density at radius 2 is 1.69 bits per heavy atom. The van der Waals surface area contributed by atoms with Gasteiger partial charge in [0, 0.05) is 10.8 Å². The molecule has 2 aromatic carbocycles. The second kappa shape index (κ2) is 3.05. The van der Waals surface area contributed by atoms with Gasteiger partial charge in [0.2, 0.25) is 0 Å². The molecule has 2 aromatic rings. The van der Waals surface area contributed by atoms with Crippen LogP contribution in [0.3, 0.4) is 0 Å². The van der Waals surface area contributed by atoms with E-state index in [-0.39, 0.29) is 5.82 Å². The largest absolute Gasteiger partial charge is 0.496 e. The van der Waals surface area contributed by atoms with Gasteiger partial charge >= 0.3 is 0 Å². The van der Waals surface area contributed by atoms with Gasteiger partial charge in [0.1, 0.15) is 11.6 Å². The quantitative estimate of drug-likeness (QED) is 0.649. The highest BCUT2D eigenvalue weighted by Crippen LogP contribution is 2.26. The summed E-state index contributed by atoms with van der Waals surface area (Å²) >= 11 is 0. The summed E-state index contributed by atoms with van der Waals surface area (Å²) in [4.78, 5) is 0. The van der Waals surface area contributed by atoms with E-state index in [0.29, 0.717) is 11.1 Å². The second-order valence-corrected chi connectivity index (χ2v) is 2.80. The summed E-state index contributed by atoms with van der Waals surface area (Å²) in [5.41, 5.74) is 0. The normalized spacial score (nSPS) is 10.3. The van der Waals surface area contributed by atoms with Crippen LogP contribution in [0.1, 0.15) is 0 Å². The summed E-state index contributed by atoms with van der Waals surface area (Å²) in [7, 11) is 1.58. The van der Waals surface area contributed by atoms with Crippen molar-refractivity contribution in [3.05, 3.63) is 42.2 Å². The first-order chi connectivity index (χ1) is 6.33. The molecule has 0 N–H and O–H groups in total. The molecule has 0 aliphatic heterocycles. The van der Waals surface area contributed by atoms with Gasteiger partial charge in [-0.3, -0.25) is 0 Å². The number of ether oxygens (including phenoxy) is 1. The lowest BCUT2D eigenvalue weighted by atomic mass is 10.1. The van der Waals surface area contributed by atoms with Crippen molar-refractivity contribution in [1.82, 2.24) is 0 Å². The van der Waals surface area contributed by atoms with E-state index in [9.17, 15) is 4.39 Å². The summed E-state index contributed by atoms with van der Waals surface area (Å²) < 4.78 is 18.4. The third-order valence-electron chi connectivity index (χ3n) is 2.05. The zero-order valence-corrected chi connectivity index (χ0v) is 7.25. The van der Waals surface area contributed by atoms with Gasteiger partial charge < -0.3 is 4.74 Å². The van der Waals surface area contributed by atoms with Gasteiger partial charge in [-0.25, -0.2) is 4.39 Å². The summed E-state index contributed by atoms with van der Waals surface area (Å²) in [6, 6.07) is 10.3. The Labute approximate surface area is 75.8 Å². The number of fused-ring (bicyclic) bond motifs is 1. The predicted octanol–water partition coefficient (Wildman–Crippen LogP) is 2.99. The monoisotopic (exact) mass is 176 g/mol. The first-order valence-corrected chi connectivity index (χ1v) is 4.04. The highest BCUT2D eigenvalue weighted by Gasteiger charge is 2.03. The van der Waals surface area contributed by atoms with Crippen LogP contribution < -0.4 is 4.74 Å². The van der Waals surface area contributed by atoms with E-state index >= 15 is 0 Å². The minimum Gasteiger partial charge on any atom is -0.496 e. The number of hydrogen-bond acceptors (Lipinski definition) is 1. The molecule has 0 radical (unpaired) electrons. The Morgan fingerprint density at radius 1 is 1.00 bits per heavy atom. The average Bonchev–Trinajstić information content (AvgIpc) is 2.19. The van der Waals surface area contributed by atoms with Gasteiger partial charge in [-0.15, -0.1) is 0 Å². The van der Waals surface area contributed by atoms with Crippen molar-refractivity contribution in [2.75, 3.05) is 7.11 Å². The van der Waals surface area contributed by atoms with Crippen molar-refractivity contribution in [2.45, 2.75) is 0 Å². The molecule has 0 aliphatic rings. The third-order valence-corrected chi connectivity index (χ3v) is 2.05. The fraction of sp³-hybridized carbons (Fsp3) is 0.0909. The molecule has 0 atom stereocenters. The number of methoxy groups -OCH3 is 1. The van der Waals surface area contributed by atoms with Gasteiger partial charge in [0.15, 0.2) is 0 Å². The number of halogens is 1. The molecule has 1 nitrogen and oxygen atoms in total. The molecule has 0 bridgehead atoms. The molecule has 0 amide bonds. The standard InChI is InChI=1S/C11H9FO/c1-13-11-7-6-10(12)8-4-2-3-5-9(8)11/h2-7H,1H3. The lowest BCUT2D eigenvalue weighted by molar-refractivity contribution is 0.419. The number of benzene rings is 2. The van der Waals surface area contributed by atoms with Crippen LogP contribution in [0, 0.1) is 5.82 Å². The SMILES string of the molecule is COc1ccc(F)c2ccccc12. The Morgan fingerprint density at radius 3 is 2.38 bits per heavy atom. The molecule has 0 spiro atoms. The van der Waals surface area contributed by atoms with Gasteiger partial charge in [-0.05, 0) is 12.1 Å². The van der Waals surface area contributed by atoms with Crippen LogP contribution in [0.15, 0.2) is 36.4 Å². The van der Waals surface area contributed by atoms with E-state index in [4.69, 9.17) is 4.74 Å². The van der Waals surface area contributed by atoms with Gasteiger partial charge in [0.25, 0.3) is 0 Å². The zero-order valence-electron chi connectivity index (χ0n) is 7.25. The van der Waals surface area contributed by atoms with Crippen molar-refractivity contribution in [3.8, 4) is 5.75 Å². The van der Waals surface area contributed by atoms with Crippen LogP contribution in [0.4, 0.5) is 4.39 Å². The van der Waals surface area contributed by atoms with Crippen LogP contribution >= 0.6 is 0 Å². The minimum atomic E-state index is -0.212. The molecular formula is C11H9FO. The molecule has 2 rings (SSSR count). The Hall–Kier alpha value is -1.57. The highest BCUT2D eigenvalue weighted by atomic mass is 19.1. The Kier molecular flexibility index (Phi) is 1.89. The fourth-order valence-corrected chi connectivity index (χ4v) is 1.41. The van der Waals surface area contributed by atoms with E-state index in [1.165, 1.54) is 6.07 Å². The number of hydrogen-bond donors (Lipinski definition) is 0. The van der Waals surface area contributed by atoms with Crippen molar-refractivity contribution >= 4 is 10.8 Å². The van der Waals surface area contributed by atoms with Crippen LogP contribution in [-0.4, -0.2) is 7.11 Å². The number of rotatable bonds is 1. The van der Waals surface area contributed by atoms with Crippen molar-refractivity contribution in [2.24, 2.45) is 0 Å². The van der Waals surface area contributed by atoms with Crippen LogP contribution in [0.2, 0.25) is 0 Å². The predicted molar refractivity (Wildman–Crippen MR) is 50.5 cm³/mol. The zero-order chi connectivity index (χ0) is 9.26. The van der Waals surface area contributed by atoms with E-state index in [1.807, 2.05) is 18.2 Å². The van der Waals surface area contributed by atoms with Gasteiger partial charge in [-0.2, -0.15) is 0 Å². The van der Waals surface area contributed by atoms with E-state index < -0.39 is 0 Å². The summed E-state index contributed by atoms with van der Waals surface area (Å²) in [6.07, 6.45) is 0. The van der Waals surface area contributed by atoms with E-state index in [1.54, 1.807) is 19.2 Å². The molecule has 2 heteroatoms. The van der Waals surface area contributed by atoms with Crippen LogP contribution in [0.5, 0.6) is 5.75 Å². The fourth-order valence-electron chi connectivity index (χ4n) is 1.41. The lowest BCUT2D eigenvalue weighted by Gasteiger charge is -2.04. The maximum Gasteiger partial charge on any atom is 0.131 e. The van der Waals surface area contributed by atoms with Crippen LogP contribution in [0.25, 0.3) is 10.8 Å². The van der Waals surface area contributed by atoms with Gasteiger partial charge in [0.05, 0.1) is 7.11 Å². The van der Waals surface area contributed by atoms with Crippen molar-refractivity contribution in [1.29, 1.82) is 0 Å². The molecule has 0 heterocycles. The Balaban J connectivity index is 2.84. The smallest absolute Gasteiger partial charge is 0.131 e. The maximum atomic E-state index is 13.2. The molecule has 0 saturated carbocycles. The van der Waals surface area contributed by atoms with Crippen LogP contribution in [-0.2, 0) is 0 Å². The summed E-state index contributed by atoms with van der Waals surface area (Å²) in [5, 5.41) is 1.41. The summed E-state index contributed by atoms with van der Waals surface area (Å²) in [5.74, 6) is 0.494. The third kappa shape index (κ3) is 1.24. The first-order valence-electron chi connectivity index (χ1n) is 4.04. The minimum absolute atomic E-state index is 0.212. The first kappa shape index (κ1) is 8.05. The summed E-state index contributed by atoms with van der Waals surface area (Å²) in [6.45, 7) is 0. The van der Waals surface area contributed by atoms with Gasteiger partial charge in [-0.1, -0.05) is 24.3 Å². The molecule has 0 aliphatic carbocycles. The molecule has 0 unspecified atom stereocenters. The maximum absolute atomic E-state index is 13.2. The average molecular weight is 176 g/mol. The van der Waals surface area contributed by atoms with E-state index in [0.717, 1.165) is 5.39 Å². The van der Waals surface area contributed by atoms with Crippen molar-refractivity contribution < 1.29 is 9.13 Å². The Bertz CT molecular complexity index is 437. The molecule has 0 fully saturated rings. The second-order valence-electron chi connectivity index (χ2n) is 2.80. The topological polar surface area (TPSA) is 9.23 Å². The van der Waals surface area contributed by atoms with E-state index in [2.05, 4.69) is 0 Å². The molecule has 0 saturated heterocycles. The molecule has 66 valence electrons. The molecule has 13 heavy (non-hydrogen) atoms. The molecule has 0 aromatic heterocycles. The lowest BCUT2D eigenvalue weighted by Crippen LogP contribution is -1.86.